The molecule has 0 bridgehead atoms. The second-order valence-corrected chi connectivity index (χ2v) is 5.88. The number of piperazine rings is 1. The molecule has 8 heteroatoms. The van der Waals surface area contributed by atoms with E-state index in [0.717, 1.165) is 56.1 Å². The monoisotopic (exact) mass is 328 g/mol. The first-order valence-electron chi connectivity index (χ1n) is 8.23. The van der Waals surface area contributed by atoms with Crippen LogP contribution in [0.1, 0.15) is 6.92 Å². The lowest BCUT2D eigenvalue weighted by Gasteiger charge is -2.35. The van der Waals surface area contributed by atoms with Crippen LogP contribution in [0.25, 0.3) is 0 Å². The van der Waals surface area contributed by atoms with Gasteiger partial charge in [-0.3, -0.25) is 0 Å². The first-order valence-corrected chi connectivity index (χ1v) is 8.23. The van der Waals surface area contributed by atoms with Crippen LogP contribution in [0, 0.1) is 0 Å². The predicted molar refractivity (Wildman–Crippen MR) is 97.0 cm³/mol. The zero-order valence-electron chi connectivity index (χ0n) is 14.5. The van der Waals surface area contributed by atoms with Gasteiger partial charge in [0.2, 0.25) is 5.95 Å². The summed E-state index contributed by atoms with van der Waals surface area (Å²) in [4.78, 5) is 24.1. The summed E-state index contributed by atoms with van der Waals surface area (Å²) in [5.74, 6) is 3.54. The van der Waals surface area contributed by atoms with Crippen molar-refractivity contribution < 1.29 is 0 Å². The fourth-order valence-corrected chi connectivity index (χ4v) is 2.67. The van der Waals surface area contributed by atoms with E-state index in [1.54, 1.807) is 12.5 Å². The third kappa shape index (κ3) is 3.64. The first-order chi connectivity index (χ1) is 11.7. The van der Waals surface area contributed by atoms with Crippen molar-refractivity contribution in [3.05, 3.63) is 24.7 Å². The van der Waals surface area contributed by atoms with Crippen molar-refractivity contribution in [1.29, 1.82) is 0 Å². The fourth-order valence-electron chi connectivity index (χ4n) is 2.67. The highest BCUT2D eigenvalue weighted by molar-refractivity contribution is 5.51. The van der Waals surface area contributed by atoms with Gasteiger partial charge in [0.1, 0.15) is 23.8 Å². The SMILES string of the molecule is CCNc1ccnc(N2CCN(c3cc(N(C)C)ncn3)CC2)n1. The zero-order valence-corrected chi connectivity index (χ0v) is 14.5. The number of hydrogen-bond donors (Lipinski definition) is 1. The number of nitrogens with zero attached hydrogens (tertiary/aromatic N) is 7. The van der Waals surface area contributed by atoms with Gasteiger partial charge in [-0.2, -0.15) is 4.98 Å². The molecule has 0 aromatic carbocycles. The second kappa shape index (κ2) is 7.29. The van der Waals surface area contributed by atoms with Crippen molar-refractivity contribution in [2.75, 3.05) is 66.8 Å². The van der Waals surface area contributed by atoms with Gasteiger partial charge in [0.15, 0.2) is 0 Å². The zero-order chi connectivity index (χ0) is 16.9. The van der Waals surface area contributed by atoms with E-state index in [-0.39, 0.29) is 0 Å². The summed E-state index contributed by atoms with van der Waals surface area (Å²) in [6.45, 7) is 6.43. The molecule has 1 N–H and O–H groups in total. The molecular weight excluding hydrogens is 304 g/mol. The molecule has 1 fully saturated rings. The van der Waals surface area contributed by atoms with Crippen LogP contribution < -0.4 is 20.0 Å². The van der Waals surface area contributed by atoms with E-state index in [4.69, 9.17) is 0 Å². The van der Waals surface area contributed by atoms with Crippen LogP contribution in [-0.4, -0.2) is 66.8 Å². The van der Waals surface area contributed by atoms with Crippen molar-refractivity contribution in [1.82, 2.24) is 19.9 Å². The normalized spacial score (nSPS) is 14.6. The van der Waals surface area contributed by atoms with Gasteiger partial charge in [0, 0.05) is 59.1 Å². The van der Waals surface area contributed by atoms with E-state index in [9.17, 15) is 0 Å². The molecule has 0 radical (unpaired) electrons. The Morgan fingerprint density at radius 2 is 1.83 bits per heavy atom. The van der Waals surface area contributed by atoms with Crippen molar-refractivity contribution in [3.63, 3.8) is 0 Å². The van der Waals surface area contributed by atoms with Gasteiger partial charge in [0.25, 0.3) is 0 Å². The molecule has 0 atom stereocenters. The smallest absolute Gasteiger partial charge is 0.227 e. The van der Waals surface area contributed by atoms with E-state index in [1.165, 1.54) is 0 Å². The molecule has 0 saturated carbocycles. The summed E-state index contributed by atoms with van der Waals surface area (Å²) in [6.07, 6.45) is 3.43. The molecule has 0 unspecified atom stereocenters. The van der Waals surface area contributed by atoms with Crippen LogP contribution in [0.4, 0.5) is 23.4 Å². The summed E-state index contributed by atoms with van der Waals surface area (Å²) in [5.41, 5.74) is 0. The van der Waals surface area contributed by atoms with Crippen LogP contribution in [-0.2, 0) is 0 Å². The molecule has 128 valence electrons. The lowest BCUT2D eigenvalue weighted by molar-refractivity contribution is 0.634. The van der Waals surface area contributed by atoms with Crippen LogP contribution in [0.3, 0.4) is 0 Å². The van der Waals surface area contributed by atoms with Crippen molar-refractivity contribution in [2.45, 2.75) is 6.92 Å². The summed E-state index contributed by atoms with van der Waals surface area (Å²) < 4.78 is 0. The standard InChI is InChI=1S/C16H24N8/c1-4-17-13-5-6-18-16(21-13)24-9-7-23(8-10-24)15-11-14(22(2)3)19-12-20-15/h5-6,11-12H,4,7-10H2,1-3H3,(H,17,18,21). The maximum atomic E-state index is 4.57. The fraction of sp³-hybridized carbons (Fsp3) is 0.500. The Balaban J connectivity index is 1.65. The molecule has 8 nitrogen and oxygen atoms in total. The largest absolute Gasteiger partial charge is 0.370 e. The van der Waals surface area contributed by atoms with Gasteiger partial charge in [-0.25, -0.2) is 15.0 Å². The van der Waals surface area contributed by atoms with E-state index >= 15 is 0 Å². The quantitative estimate of drug-likeness (QED) is 0.874. The second-order valence-electron chi connectivity index (χ2n) is 5.88. The van der Waals surface area contributed by atoms with Gasteiger partial charge in [0.05, 0.1) is 0 Å². The highest BCUT2D eigenvalue weighted by atomic mass is 15.3. The minimum Gasteiger partial charge on any atom is -0.370 e. The summed E-state index contributed by atoms with van der Waals surface area (Å²) in [5, 5.41) is 3.23. The number of hydrogen-bond acceptors (Lipinski definition) is 8. The maximum Gasteiger partial charge on any atom is 0.227 e. The van der Waals surface area contributed by atoms with Crippen molar-refractivity contribution in [2.24, 2.45) is 0 Å². The van der Waals surface area contributed by atoms with Gasteiger partial charge in [-0.1, -0.05) is 0 Å². The summed E-state index contributed by atoms with van der Waals surface area (Å²) in [6, 6.07) is 3.92. The van der Waals surface area contributed by atoms with Crippen LogP contribution in [0.15, 0.2) is 24.7 Å². The Morgan fingerprint density at radius 1 is 1.08 bits per heavy atom. The van der Waals surface area contributed by atoms with E-state index in [0.29, 0.717) is 0 Å². The predicted octanol–water partition coefficient (Wildman–Crippen LogP) is 1.09. The summed E-state index contributed by atoms with van der Waals surface area (Å²) >= 11 is 0. The average molecular weight is 328 g/mol. The van der Waals surface area contributed by atoms with E-state index in [1.807, 2.05) is 31.1 Å². The molecule has 1 aliphatic rings. The molecule has 0 aliphatic carbocycles. The minimum absolute atomic E-state index is 0.782. The molecule has 0 spiro atoms. The van der Waals surface area contributed by atoms with E-state index < -0.39 is 0 Å². The molecule has 2 aromatic rings. The van der Waals surface area contributed by atoms with Gasteiger partial charge in [-0.15, -0.1) is 0 Å². The first kappa shape index (κ1) is 16.2. The molecule has 3 heterocycles. The molecule has 1 saturated heterocycles. The number of rotatable bonds is 5. The Morgan fingerprint density at radius 3 is 2.54 bits per heavy atom. The Labute approximate surface area is 142 Å². The van der Waals surface area contributed by atoms with Crippen LogP contribution >= 0.6 is 0 Å². The minimum atomic E-state index is 0.782. The highest BCUT2D eigenvalue weighted by Gasteiger charge is 2.20. The van der Waals surface area contributed by atoms with Gasteiger partial charge < -0.3 is 20.0 Å². The molecular formula is C16H24N8. The molecule has 0 amide bonds. The van der Waals surface area contributed by atoms with Gasteiger partial charge in [-0.05, 0) is 13.0 Å². The molecule has 3 rings (SSSR count). The number of nitrogens with one attached hydrogen (secondary N) is 1. The lowest BCUT2D eigenvalue weighted by Crippen LogP contribution is -2.47. The van der Waals surface area contributed by atoms with Crippen molar-refractivity contribution in [3.8, 4) is 0 Å². The summed E-state index contributed by atoms with van der Waals surface area (Å²) in [7, 11) is 3.97. The van der Waals surface area contributed by atoms with Gasteiger partial charge >= 0.3 is 0 Å². The Kier molecular flexibility index (Phi) is 4.93. The Bertz CT molecular complexity index is 667. The third-order valence-electron chi connectivity index (χ3n) is 3.98. The third-order valence-corrected chi connectivity index (χ3v) is 3.98. The molecule has 1 aliphatic heterocycles. The lowest BCUT2D eigenvalue weighted by atomic mass is 10.3. The van der Waals surface area contributed by atoms with Crippen LogP contribution in [0.2, 0.25) is 0 Å². The van der Waals surface area contributed by atoms with Crippen LogP contribution in [0.5, 0.6) is 0 Å². The number of aromatic nitrogens is 4. The highest BCUT2D eigenvalue weighted by Crippen LogP contribution is 2.19. The molecule has 2 aromatic heterocycles. The van der Waals surface area contributed by atoms with Crippen molar-refractivity contribution >= 4 is 23.4 Å². The Hall–Kier alpha value is -2.64. The maximum absolute atomic E-state index is 4.57. The van der Waals surface area contributed by atoms with E-state index in [2.05, 4.69) is 42.0 Å². The molecule has 24 heavy (non-hydrogen) atoms. The topological polar surface area (TPSA) is 73.3 Å². The average Bonchev–Trinajstić information content (AvgIpc) is 2.62. The number of anilines is 4.